The number of amides is 1. The number of anilines is 1. The van der Waals surface area contributed by atoms with E-state index in [1.54, 1.807) is 12.3 Å². The molecule has 1 amide bonds. The van der Waals surface area contributed by atoms with E-state index in [9.17, 15) is 14.9 Å². The lowest BCUT2D eigenvalue weighted by Gasteiger charge is -2.12. The fourth-order valence-corrected chi connectivity index (χ4v) is 4.16. The zero-order chi connectivity index (χ0) is 18.5. The first kappa shape index (κ1) is 15.9. The molecule has 0 spiro atoms. The predicted octanol–water partition coefficient (Wildman–Crippen LogP) is 2.93. The van der Waals surface area contributed by atoms with Gasteiger partial charge in [0.25, 0.3) is 5.69 Å². The van der Waals surface area contributed by atoms with Gasteiger partial charge < -0.3 is 5.32 Å². The minimum Gasteiger partial charge on any atom is -0.325 e. The molecule has 1 fully saturated rings. The Kier molecular flexibility index (Phi) is 3.43. The normalized spacial score (nSPS) is 19.4. The molecule has 3 aromatic rings. The van der Waals surface area contributed by atoms with E-state index in [-0.39, 0.29) is 11.6 Å². The van der Waals surface area contributed by atoms with Crippen molar-refractivity contribution >= 4 is 28.3 Å². The maximum Gasteiger partial charge on any atom is 0.269 e. The van der Waals surface area contributed by atoms with Crippen molar-refractivity contribution in [1.29, 1.82) is 0 Å². The van der Waals surface area contributed by atoms with Crippen LogP contribution < -0.4 is 5.32 Å². The average Bonchev–Trinajstić information content (AvgIpc) is 3.38. The van der Waals surface area contributed by atoms with E-state index < -0.39 is 10.8 Å². The molecular formula is C18H16N6O3. The Balaban J connectivity index is 1.65. The number of fused-ring (bicyclic) bond motifs is 2. The molecule has 9 heteroatoms. The molecule has 27 heavy (non-hydrogen) atoms. The van der Waals surface area contributed by atoms with Crippen molar-refractivity contribution in [3.63, 3.8) is 0 Å². The Morgan fingerprint density at radius 3 is 2.81 bits per heavy atom. The van der Waals surface area contributed by atoms with Crippen LogP contribution in [0.25, 0.3) is 11.0 Å². The van der Waals surface area contributed by atoms with Gasteiger partial charge in [-0.05, 0) is 18.9 Å². The number of hydrogen-bond donors (Lipinski definition) is 1. The van der Waals surface area contributed by atoms with E-state index in [2.05, 4.69) is 20.4 Å². The molecule has 1 aromatic carbocycles. The molecule has 136 valence electrons. The number of hydrogen-bond acceptors (Lipinski definition) is 6. The Bertz CT molecular complexity index is 1090. The topological polar surface area (TPSA) is 116 Å². The van der Waals surface area contributed by atoms with E-state index in [4.69, 9.17) is 0 Å². The molecule has 1 aliphatic carbocycles. The number of nitro groups is 1. The highest BCUT2D eigenvalue weighted by molar-refractivity contribution is 6.06. The molecule has 2 aromatic heterocycles. The predicted molar refractivity (Wildman–Crippen MR) is 96.4 cm³/mol. The second-order valence-electron chi connectivity index (χ2n) is 6.97. The Morgan fingerprint density at radius 1 is 1.22 bits per heavy atom. The van der Waals surface area contributed by atoms with Crippen molar-refractivity contribution in [2.75, 3.05) is 5.32 Å². The van der Waals surface area contributed by atoms with Gasteiger partial charge in [-0.3, -0.25) is 14.9 Å². The summed E-state index contributed by atoms with van der Waals surface area (Å²) in [6.07, 6.45) is 7.61. The molecule has 0 saturated heterocycles. The van der Waals surface area contributed by atoms with Crippen molar-refractivity contribution in [2.24, 2.45) is 0 Å². The fraction of sp³-hybridized carbons (Fsp3) is 0.333. The number of nitrogens with one attached hydrogen (secondary N) is 1. The lowest BCUT2D eigenvalue weighted by molar-refractivity contribution is -0.384. The lowest BCUT2D eigenvalue weighted by atomic mass is 9.95. The highest BCUT2D eigenvalue weighted by atomic mass is 16.6. The number of carbonyl (C=O) groups excluding carboxylic acids is 1. The van der Waals surface area contributed by atoms with Crippen LogP contribution in [-0.2, 0) is 4.79 Å². The van der Waals surface area contributed by atoms with Crippen LogP contribution in [0.3, 0.4) is 0 Å². The molecule has 1 saturated carbocycles. The minimum atomic E-state index is -0.716. The van der Waals surface area contributed by atoms with Gasteiger partial charge in [0.15, 0.2) is 5.65 Å². The molecule has 0 bridgehead atoms. The van der Waals surface area contributed by atoms with Gasteiger partial charge in [-0.15, -0.1) is 0 Å². The zero-order valence-electron chi connectivity index (χ0n) is 14.3. The van der Waals surface area contributed by atoms with E-state index >= 15 is 0 Å². The number of nitro benzene ring substituents is 1. The van der Waals surface area contributed by atoms with Crippen LogP contribution in [0.15, 0.2) is 30.7 Å². The summed E-state index contributed by atoms with van der Waals surface area (Å²) in [6.45, 7) is 0. The summed E-state index contributed by atoms with van der Waals surface area (Å²) in [5.74, 6) is -0.967. The third-order valence-corrected chi connectivity index (χ3v) is 5.44. The zero-order valence-corrected chi connectivity index (χ0v) is 14.3. The molecular weight excluding hydrogens is 348 g/mol. The van der Waals surface area contributed by atoms with Crippen LogP contribution in [0.2, 0.25) is 0 Å². The Morgan fingerprint density at radius 2 is 2.04 bits per heavy atom. The van der Waals surface area contributed by atoms with Crippen molar-refractivity contribution in [2.45, 2.75) is 37.6 Å². The van der Waals surface area contributed by atoms with Crippen LogP contribution in [0, 0.1) is 10.1 Å². The van der Waals surface area contributed by atoms with Gasteiger partial charge in [-0.1, -0.05) is 12.8 Å². The van der Waals surface area contributed by atoms with Crippen LogP contribution in [0.1, 0.15) is 48.9 Å². The van der Waals surface area contributed by atoms with Crippen LogP contribution >= 0.6 is 0 Å². The molecule has 1 N–H and O–H groups in total. The highest BCUT2D eigenvalue weighted by Crippen LogP contribution is 2.40. The number of non-ortho nitro benzene ring substituents is 1. The van der Waals surface area contributed by atoms with Crippen LogP contribution in [-0.4, -0.2) is 30.6 Å². The maximum absolute atomic E-state index is 12.7. The van der Waals surface area contributed by atoms with Crippen molar-refractivity contribution in [3.05, 3.63) is 52.1 Å². The first-order valence-electron chi connectivity index (χ1n) is 8.91. The van der Waals surface area contributed by atoms with Gasteiger partial charge in [-0.25, -0.2) is 14.6 Å². The number of rotatable bonds is 3. The molecule has 0 radical (unpaired) electrons. The summed E-state index contributed by atoms with van der Waals surface area (Å²) in [5, 5.41) is 19.2. The van der Waals surface area contributed by atoms with E-state index in [0.717, 1.165) is 12.8 Å². The third kappa shape index (κ3) is 2.38. The van der Waals surface area contributed by atoms with Crippen LogP contribution in [0.5, 0.6) is 0 Å². The number of nitrogens with zero attached hydrogens (tertiary/aromatic N) is 5. The molecule has 1 aliphatic heterocycles. The summed E-state index contributed by atoms with van der Waals surface area (Å²) in [4.78, 5) is 32.1. The van der Waals surface area contributed by atoms with Gasteiger partial charge >= 0.3 is 0 Å². The quantitative estimate of drug-likeness (QED) is 0.564. The third-order valence-electron chi connectivity index (χ3n) is 5.44. The van der Waals surface area contributed by atoms with Gasteiger partial charge in [0.05, 0.1) is 28.2 Å². The van der Waals surface area contributed by atoms with Gasteiger partial charge in [-0.2, -0.15) is 5.10 Å². The van der Waals surface area contributed by atoms with Crippen LogP contribution in [0.4, 0.5) is 11.4 Å². The van der Waals surface area contributed by atoms with Gasteiger partial charge in [0, 0.05) is 23.4 Å². The first-order valence-corrected chi connectivity index (χ1v) is 8.91. The summed E-state index contributed by atoms with van der Waals surface area (Å²) in [5.41, 5.74) is 2.31. The maximum atomic E-state index is 12.7. The second kappa shape index (κ2) is 5.83. The smallest absolute Gasteiger partial charge is 0.269 e. The first-order chi connectivity index (χ1) is 13.1. The minimum absolute atomic E-state index is 0.0535. The van der Waals surface area contributed by atoms with Crippen molar-refractivity contribution < 1.29 is 9.72 Å². The Labute approximate surface area is 153 Å². The summed E-state index contributed by atoms with van der Waals surface area (Å²) in [7, 11) is 0. The van der Waals surface area contributed by atoms with E-state index in [1.807, 2.05) is 4.68 Å². The highest BCUT2D eigenvalue weighted by Gasteiger charge is 2.36. The molecule has 5 rings (SSSR count). The average molecular weight is 364 g/mol. The summed E-state index contributed by atoms with van der Waals surface area (Å²) >= 11 is 0. The summed E-state index contributed by atoms with van der Waals surface area (Å²) in [6, 6.07) is 4.70. The summed E-state index contributed by atoms with van der Waals surface area (Å²) < 4.78 is 1.93. The van der Waals surface area contributed by atoms with Gasteiger partial charge in [0.2, 0.25) is 5.91 Å². The molecule has 3 heterocycles. The number of aromatic nitrogens is 4. The monoisotopic (exact) mass is 364 g/mol. The number of benzene rings is 1. The van der Waals surface area contributed by atoms with Crippen molar-refractivity contribution in [3.8, 4) is 0 Å². The SMILES string of the molecule is O=C1Nc2ccc([N+](=O)[O-])cc2C1c1ncnc2c1cnn2C1CCCC1. The molecule has 9 nitrogen and oxygen atoms in total. The van der Waals surface area contributed by atoms with Gasteiger partial charge in [0.1, 0.15) is 12.2 Å². The molecule has 2 aliphatic rings. The van der Waals surface area contributed by atoms with Crippen molar-refractivity contribution in [1.82, 2.24) is 19.7 Å². The second-order valence-corrected chi connectivity index (χ2v) is 6.97. The van der Waals surface area contributed by atoms with E-state index in [0.29, 0.717) is 34.0 Å². The standard InChI is InChI=1S/C18H16N6O3/c25-18-15(12-7-11(24(26)27)5-6-14(12)22-18)16-13-8-21-23(10-3-1-2-4-10)17(13)20-9-19-16/h5-10,15H,1-4H2,(H,22,25). The molecule has 1 atom stereocenters. The largest absolute Gasteiger partial charge is 0.325 e. The fourth-order valence-electron chi connectivity index (χ4n) is 4.16. The Hall–Kier alpha value is -3.36. The molecule has 1 unspecified atom stereocenters. The number of carbonyl (C=O) groups is 1. The van der Waals surface area contributed by atoms with E-state index in [1.165, 1.54) is 31.3 Å². The lowest BCUT2D eigenvalue weighted by Crippen LogP contribution is -2.15.